The minimum Gasteiger partial charge on any atom is -0.390 e. The lowest BCUT2D eigenvalue weighted by Gasteiger charge is -2.60. The Bertz CT molecular complexity index is 861. The number of anilines is 1. The number of nitrogens with one attached hydrogen (secondary N) is 1. The van der Waals surface area contributed by atoms with Crippen LogP contribution in [0.1, 0.15) is 38.5 Å². The van der Waals surface area contributed by atoms with E-state index in [-0.39, 0.29) is 17.4 Å². The van der Waals surface area contributed by atoms with Crippen LogP contribution in [0.2, 0.25) is 0 Å². The van der Waals surface area contributed by atoms with Gasteiger partial charge in [0.1, 0.15) is 6.26 Å². The first-order valence-corrected chi connectivity index (χ1v) is 8.76. The molecule has 2 unspecified atom stereocenters. The van der Waals surface area contributed by atoms with E-state index in [2.05, 4.69) is 20.6 Å². The molecule has 0 saturated heterocycles. The topological polar surface area (TPSA) is 129 Å². The number of hydrogen-bond acceptors (Lipinski definition) is 7. The van der Waals surface area contributed by atoms with Crippen LogP contribution < -0.4 is 5.32 Å². The molecule has 10 nitrogen and oxygen atoms in total. The van der Waals surface area contributed by atoms with Gasteiger partial charge in [0.2, 0.25) is 12.2 Å². The van der Waals surface area contributed by atoms with Crippen molar-refractivity contribution in [1.82, 2.24) is 19.9 Å². The zero-order valence-corrected chi connectivity index (χ0v) is 14.0. The standard InChI is InChI=1S/C16H18N6O4/c23-13(18-12-1-2-26-20-12)15-4-10-3-11(5-15)7-16(6-10,8-15)21-9-17-14(19-21)22(24)25/h1-2,9-11H,3-8H2,(H,18,20,23)/t10-,11+,15?,16?. The average molecular weight is 358 g/mol. The van der Waals surface area contributed by atoms with Crippen LogP contribution in [0.5, 0.6) is 0 Å². The predicted molar refractivity (Wildman–Crippen MR) is 86.9 cm³/mol. The molecule has 10 heteroatoms. The highest BCUT2D eigenvalue weighted by atomic mass is 16.6. The molecule has 2 aromatic heterocycles. The Morgan fingerprint density at radius 2 is 2.12 bits per heavy atom. The third-order valence-electron chi connectivity index (χ3n) is 6.32. The Morgan fingerprint density at radius 1 is 1.35 bits per heavy atom. The van der Waals surface area contributed by atoms with Gasteiger partial charge in [-0.2, -0.15) is 4.68 Å². The summed E-state index contributed by atoms with van der Waals surface area (Å²) in [6, 6.07) is 1.62. The van der Waals surface area contributed by atoms with Crippen LogP contribution >= 0.6 is 0 Å². The molecular weight excluding hydrogens is 340 g/mol. The molecule has 2 aromatic rings. The van der Waals surface area contributed by atoms with Gasteiger partial charge in [-0.25, -0.2) is 0 Å². The predicted octanol–water partition coefficient (Wildman–Crippen LogP) is 2.11. The second kappa shape index (κ2) is 5.12. The molecule has 1 amide bonds. The van der Waals surface area contributed by atoms with E-state index in [0.717, 1.165) is 32.1 Å². The van der Waals surface area contributed by atoms with Crippen molar-refractivity contribution >= 4 is 17.7 Å². The molecule has 0 aromatic carbocycles. The van der Waals surface area contributed by atoms with Crippen LogP contribution in [0.3, 0.4) is 0 Å². The van der Waals surface area contributed by atoms with Gasteiger partial charge >= 0.3 is 5.95 Å². The Balaban J connectivity index is 1.49. The third-order valence-corrected chi connectivity index (χ3v) is 6.32. The van der Waals surface area contributed by atoms with E-state index < -0.39 is 10.3 Å². The van der Waals surface area contributed by atoms with Gasteiger partial charge in [0, 0.05) is 11.2 Å². The molecule has 0 spiro atoms. The van der Waals surface area contributed by atoms with Crippen LogP contribution in [0.4, 0.5) is 11.8 Å². The number of rotatable bonds is 4. The maximum atomic E-state index is 13.1. The number of amides is 1. The third kappa shape index (κ3) is 2.17. The van der Waals surface area contributed by atoms with Crippen molar-refractivity contribution in [3.8, 4) is 0 Å². The van der Waals surface area contributed by atoms with Crippen LogP contribution in [-0.2, 0) is 10.3 Å². The van der Waals surface area contributed by atoms with Crippen molar-refractivity contribution in [3.63, 3.8) is 0 Å². The Hall–Kier alpha value is -2.78. The summed E-state index contributed by atoms with van der Waals surface area (Å²) >= 11 is 0. The number of carbonyl (C=O) groups excluding carboxylic acids is 1. The largest absolute Gasteiger partial charge is 0.490 e. The van der Waals surface area contributed by atoms with Gasteiger partial charge in [0.25, 0.3) is 0 Å². The summed E-state index contributed by atoms with van der Waals surface area (Å²) < 4.78 is 6.45. The van der Waals surface area contributed by atoms with E-state index >= 15 is 0 Å². The van der Waals surface area contributed by atoms with E-state index in [4.69, 9.17) is 4.52 Å². The molecule has 4 atom stereocenters. The number of hydrogen-bond donors (Lipinski definition) is 1. The summed E-state index contributed by atoms with van der Waals surface area (Å²) in [6.45, 7) is 0. The molecule has 4 fully saturated rings. The summed E-state index contributed by atoms with van der Waals surface area (Å²) in [4.78, 5) is 27.3. The van der Waals surface area contributed by atoms with Crippen molar-refractivity contribution in [2.75, 3.05) is 5.32 Å². The molecule has 0 aliphatic heterocycles. The van der Waals surface area contributed by atoms with E-state index in [1.54, 1.807) is 10.7 Å². The average Bonchev–Trinajstić information content (AvgIpc) is 3.25. The quantitative estimate of drug-likeness (QED) is 0.654. The van der Waals surface area contributed by atoms with Gasteiger partial charge in [0.15, 0.2) is 5.82 Å². The van der Waals surface area contributed by atoms with E-state index in [0.29, 0.717) is 24.1 Å². The van der Waals surface area contributed by atoms with Crippen LogP contribution in [0.15, 0.2) is 23.2 Å². The van der Waals surface area contributed by atoms with Crippen LogP contribution in [-0.4, -0.2) is 30.8 Å². The summed E-state index contributed by atoms with van der Waals surface area (Å²) in [7, 11) is 0. The fraction of sp³-hybridized carbons (Fsp3) is 0.625. The van der Waals surface area contributed by atoms with Gasteiger partial charge in [-0.05, 0) is 55.3 Å². The molecule has 6 rings (SSSR count). The van der Waals surface area contributed by atoms with Crippen molar-refractivity contribution in [1.29, 1.82) is 0 Å². The highest BCUT2D eigenvalue weighted by molar-refractivity contribution is 5.95. The zero-order valence-electron chi connectivity index (χ0n) is 14.0. The molecule has 2 heterocycles. The Morgan fingerprint density at radius 3 is 2.73 bits per heavy atom. The highest BCUT2D eigenvalue weighted by Crippen LogP contribution is 2.64. The molecule has 4 aliphatic carbocycles. The van der Waals surface area contributed by atoms with Crippen LogP contribution in [0, 0.1) is 27.4 Å². The molecule has 1 N–H and O–H groups in total. The molecular formula is C16H18N6O4. The fourth-order valence-electron chi connectivity index (χ4n) is 5.84. The number of nitro groups is 1. The van der Waals surface area contributed by atoms with Crippen molar-refractivity contribution in [3.05, 3.63) is 28.8 Å². The van der Waals surface area contributed by atoms with Crippen molar-refractivity contribution in [2.24, 2.45) is 17.3 Å². The Labute approximate surface area is 148 Å². The van der Waals surface area contributed by atoms with Gasteiger partial charge < -0.3 is 20.0 Å². The number of carbonyl (C=O) groups is 1. The highest BCUT2D eigenvalue weighted by Gasteiger charge is 2.62. The second-order valence-electron chi connectivity index (χ2n) is 8.05. The first-order chi connectivity index (χ1) is 12.5. The molecule has 4 aliphatic rings. The monoisotopic (exact) mass is 358 g/mol. The normalized spacial score (nSPS) is 34.8. The van der Waals surface area contributed by atoms with Gasteiger partial charge in [0.05, 0.1) is 11.0 Å². The maximum absolute atomic E-state index is 13.1. The number of aromatic nitrogens is 4. The van der Waals surface area contributed by atoms with E-state index in [1.807, 2.05) is 0 Å². The van der Waals surface area contributed by atoms with E-state index in [1.165, 1.54) is 12.6 Å². The first kappa shape index (κ1) is 15.5. The first-order valence-electron chi connectivity index (χ1n) is 8.76. The smallest absolute Gasteiger partial charge is 0.390 e. The van der Waals surface area contributed by atoms with Crippen molar-refractivity contribution < 1.29 is 14.2 Å². The molecule has 4 bridgehead atoms. The minimum absolute atomic E-state index is 0.0421. The molecule has 0 radical (unpaired) electrons. The second-order valence-corrected chi connectivity index (χ2v) is 8.05. The summed E-state index contributed by atoms with van der Waals surface area (Å²) in [5.41, 5.74) is -0.865. The lowest BCUT2D eigenvalue weighted by molar-refractivity contribution is -0.394. The minimum atomic E-state index is -0.579. The van der Waals surface area contributed by atoms with Crippen molar-refractivity contribution in [2.45, 2.75) is 44.1 Å². The summed E-state index contributed by atoms with van der Waals surface area (Å²) in [6.07, 6.45) is 8.07. The molecule has 136 valence electrons. The summed E-state index contributed by atoms with van der Waals surface area (Å²) in [5.74, 6) is 0.822. The van der Waals surface area contributed by atoms with Gasteiger partial charge in [-0.15, -0.1) is 0 Å². The molecule has 26 heavy (non-hydrogen) atoms. The van der Waals surface area contributed by atoms with Gasteiger partial charge in [-0.1, -0.05) is 10.1 Å². The lowest BCUT2D eigenvalue weighted by atomic mass is 9.46. The lowest BCUT2D eigenvalue weighted by Crippen LogP contribution is -2.60. The van der Waals surface area contributed by atoms with Crippen LogP contribution in [0.25, 0.3) is 0 Å². The van der Waals surface area contributed by atoms with Gasteiger partial charge in [-0.3, -0.25) is 4.79 Å². The fourth-order valence-corrected chi connectivity index (χ4v) is 5.84. The number of nitrogens with zero attached hydrogens (tertiary/aromatic N) is 5. The Kier molecular flexibility index (Phi) is 3.05. The summed E-state index contributed by atoms with van der Waals surface area (Å²) in [5, 5.41) is 21.7. The zero-order chi connectivity index (χ0) is 17.9. The molecule has 4 saturated carbocycles. The SMILES string of the molecule is O=C(Nc1ccon1)C12C[C@H]3C[C@@H](C1)CC(n1cnc([N+](=O)[O-])n1)(C3)C2. The van der Waals surface area contributed by atoms with E-state index in [9.17, 15) is 14.9 Å². The maximum Gasteiger partial charge on any atom is 0.490 e.